The van der Waals surface area contributed by atoms with E-state index >= 15 is 0 Å². The molecular weight excluding hydrogens is 318 g/mol. The molecule has 0 aromatic carbocycles. The maximum Gasteiger partial charge on any atom is 0.255 e. The summed E-state index contributed by atoms with van der Waals surface area (Å²) in [6.07, 6.45) is 1.64. The van der Waals surface area contributed by atoms with Crippen LogP contribution in [-0.2, 0) is 4.79 Å². The second kappa shape index (κ2) is 8.32. The van der Waals surface area contributed by atoms with Crippen molar-refractivity contribution in [3.8, 4) is 0 Å². The van der Waals surface area contributed by atoms with Gasteiger partial charge in [0.25, 0.3) is 5.91 Å². The zero-order chi connectivity index (χ0) is 18.6. The van der Waals surface area contributed by atoms with Gasteiger partial charge in [-0.2, -0.15) is 0 Å². The zero-order valence-electron chi connectivity index (χ0n) is 15.7. The van der Waals surface area contributed by atoms with Gasteiger partial charge in [0.2, 0.25) is 11.5 Å². The summed E-state index contributed by atoms with van der Waals surface area (Å²) >= 11 is 0. The number of hydrogen-bond acceptors (Lipinski definition) is 3. The first-order valence-corrected chi connectivity index (χ1v) is 9.20. The van der Waals surface area contributed by atoms with Crippen LogP contribution >= 0.6 is 0 Å². The fourth-order valence-electron chi connectivity index (χ4n) is 3.46. The summed E-state index contributed by atoms with van der Waals surface area (Å²) in [5.41, 5.74) is 0.994. The highest BCUT2D eigenvalue weighted by molar-refractivity contribution is 5.96. The quantitative estimate of drug-likeness (QED) is 0.887. The molecule has 6 heteroatoms. The van der Waals surface area contributed by atoms with Crippen molar-refractivity contribution in [3.63, 3.8) is 0 Å². The highest BCUT2D eigenvalue weighted by Gasteiger charge is 2.31. The van der Waals surface area contributed by atoms with Gasteiger partial charge >= 0.3 is 0 Å². The molecule has 2 rings (SSSR count). The summed E-state index contributed by atoms with van der Waals surface area (Å²) in [4.78, 5) is 43.6. The highest BCUT2D eigenvalue weighted by atomic mass is 16.2. The number of rotatable bonds is 5. The Morgan fingerprint density at radius 2 is 1.96 bits per heavy atom. The van der Waals surface area contributed by atoms with Crippen molar-refractivity contribution in [2.45, 2.75) is 46.5 Å². The van der Waals surface area contributed by atoms with Crippen LogP contribution in [0.25, 0.3) is 0 Å². The average Bonchev–Trinajstić information content (AvgIpc) is 2.62. The minimum absolute atomic E-state index is 0.0470. The van der Waals surface area contributed by atoms with Crippen LogP contribution in [0.4, 0.5) is 0 Å². The lowest BCUT2D eigenvalue weighted by atomic mass is 9.95. The molecule has 2 heterocycles. The molecule has 1 N–H and O–H groups in total. The third-order valence-electron chi connectivity index (χ3n) is 4.89. The van der Waals surface area contributed by atoms with E-state index in [9.17, 15) is 14.4 Å². The molecule has 1 aliphatic heterocycles. The Hall–Kier alpha value is -2.11. The molecule has 1 aliphatic rings. The summed E-state index contributed by atoms with van der Waals surface area (Å²) in [5, 5.41) is 0. The molecular formula is C19H29N3O3. The Morgan fingerprint density at radius 1 is 1.28 bits per heavy atom. The number of hydrogen-bond donors (Lipinski definition) is 1. The first kappa shape index (κ1) is 19.2. The second-order valence-electron chi connectivity index (χ2n) is 6.91. The molecule has 1 aromatic rings. The predicted molar refractivity (Wildman–Crippen MR) is 97.7 cm³/mol. The van der Waals surface area contributed by atoms with Crippen LogP contribution < -0.4 is 5.56 Å². The monoisotopic (exact) mass is 347 g/mol. The number of piperidine rings is 1. The Morgan fingerprint density at radius 3 is 2.56 bits per heavy atom. The molecule has 0 bridgehead atoms. The normalized spacial score (nSPS) is 17.6. The number of amides is 2. The van der Waals surface area contributed by atoms with E-state index in [4.69, 9.17) is 0 Å². The Kier molecular flexibility index (Phi) is 6.39. The van der Waals surface area contributed by atoms with Gasteiger partial charge in [-0.05, 0) is 38.7 Å². The molecule has 1 atom stereocenters. The maximum atomic E-state index is 13.0. The summed E-state index contributed by atoms with van der Waals surface area (Å²) in [7, 11) is 0. The zero-order valence-corrected chi connectivity index (χ0v) is 15.7. The SMILES string of the molecule is CCN(CC)C(=O)C1CCCN(C(=O)c2ccc(=O)[nH]c2C(C)C)C1. The molecule has 2 amide bonds. The predicted octanol–water partition coefficient (Wildman–Crippen LogP) is 2.22. The van der Waals surface area contributed by atoms with Crippen molar-refractivity contribution in [2.24, 2.45) is 5.92 Å². The van der Waals surface area contributed by atoms with Gasteiger partial charge in [0, 0.05) is 37.9 Å². The number of pyridine rings is 1. The third-order valence-corrected chi connectivity index (χ3v) is 4.89. The van der Waals surface area contributed by atoms with Crippen LogP contribution in [0.15, 0.2) is 16.9 Å². The number of aromatic nitrogens is 1. The van der Waals surface area contributed by atoms with Gasteiger partial charge in [0.15, 0.2) is 0 Å². The molecule has 6 nitrogen and oxygen atoms in total. The second-order valence-corrected chi connectivity index (χ2v) is 6.91. The van der Waals surface area contributed by atoms with Crippen molar-refractivity contribution in [1.82, 2.24) is 14.8 Å². The van der Waals surface area contributed by atoms with E-state index < -0.39 is 0 Å². The smallest absolute Gasteiger partial charge is 0.255 e. The van der Waals surface area contributed by atoms with Crippen molar-refractivity contribution in [1.29, 1.82) is 0 Å². The molecule has 0 radical (unpaired) electrons. The standard InChI is InChI=1S/C19H29N3O3/c1-5-21(6-2)18(24)14-8-7-11-22(12-14)19(25)15-9-10-16(23)20-17(15)13(3)4/h9-10,13-14H,5-8,11-12H2,1-4H3,(H,20,23). The van der Waals surface area contributed by atoms with E-state index in [1.165, 1.54) is 6.07 Å². The maximum absolute atomic E-state index is 13.0. The number of likely N-dealkylation sites (tertiary alicyclic amines) is 1. The molecule has 138 valence electrons. The van der Waals surface area contributed by atoms with Crippen LogP contribution in [0.5, 0.6) is 0 Å². The van der Waals surface area contributed by atoms with E-state index in [1.807, 2.05) is 32.6 Å². The van der Waals surface area contributed by atoms with Crippen LogP contribution in [-0.4, -0.2) is 52.8 Å². The van der Waals surface area contributed by atoms with Gasteiger partial charge < -0.3 is 14.8 Å². The Balaban J connectivity index is 2.20. The van der Waals surface area contributed by atoms with E-state index in [1.54, 1.807) is 11.0 Å². The van der Waals surface area contributed by atoms with Gasteiger partial charge in [-0.1, -0.05) is 13.8 Å². The van der Waals surface area contributed by atoms with Gasteiger partial charge in [-0.3, -0.25) is 14.4 Å². The van der Waals surface area contributed by atoms with Crippen molar-refractivity contribution in [2.75, 3.05) is 26.2 Å². The minimum Gasteiger partial charge on any atom is -0.343 e. The number of carbonyl (C=O) groups excluding carboxylic acids is 2. The fraction of sp³-hybridized carbons (Fsp3) is 0.632. The topological polar surface area (TPSA) is 73.5 Å². The van der Waals surface area contributed by atoms with E-state index in [-0.39, 0.29) is 29.2 Å². The van der Waals surface area contributed by atoms with Gasteiger partial charge in [-0.15, -0.1) is 0 Å². The Labute approximate surface area is 149 Å². The fourth-order valence-corrected chi connectivity index (χ4v) is 3.46. The average molecular weight is 347 g/mol. The third kappa shape index (κ3) is 4.30. The number of H-pyrrole nitrogens is 1. The first-order valence-electron chi connectivity index (χ1n) is 9.20. The molecule has 1 aromatic heterocycles. The summed E-state index contributed by atoms with van der Waals surface area (Å²) in [5.74, 6) is -0.0568. The van der Waals surface area contributed by atoms with Gasteiger partial charge in [0.1, 0.15) is 0 Å². The summed E-state index contributed by atoms with van der Waals surface area (Å²) in [6.45, 7) is 10.3. The number of aromatic amines is 1. The van der Waals surface area contributed by atoms with Crippen LogP contribution in [0.3, 0.4) is 0 Å². The van der Waals surface area contributed by atoms with Crippen LogP contribution in [0.2, 0.25) is 0 Å². The lowest BCUT2D eigenvalue weighted by Gasteiger charge is -2.35. The molecule has 0 aliphatic carbocycles. The minimum atomic E-state index is -0.200. The Bertz CT molecular complexity index is 677. The first-order chi connectivity index (χ1) is 11.9. The molecule has 1 fully saturated rings. The molecule has 0 spiro atoms. The van der Waals surface area contributed by atoms with Crippen LogP contribution in [0, 0.1) is 5.92 Å². The lowest BCUT2D eigenvalue weighted by Crippen LogP contribution is -2.47. The summed E-state index contributed by atoms with van der Waals surface area (Å²) < 4.78 is 0. The largest absolute Gasteiger partial charge is 0.343 e. The van der Waals surface area contributed by atoms with E-state index in [2.05, 4.69) is 4.98 Å². The van der Waals surface area contributed by atoms with Gasteiger partial charge in [0.05, 0.1) is 11.5 Å². The number of nitrogens with zero attached hydrogens (tertiary/aromatic N) is 2. The number of nitrogens with one attached hydrogen (secondary N) is 1. The van der Waals surface area contributed by atoms with Crippen molar-refractivity contribution >= 4 is 11.8 Å². The van der Waals surface area contributed by atoms with E-state index in [0.29, 0.717) is 37.4 Å². The number of carbonyl (C=O) groups is 2. The highest BCUT2D eigenvalue weighted by Crippen LogP contribution is 2.23. The molecule has 1 saturated heterocycles. The lowest BCUT2D eigenvalue weighted by molar-refractivity contribution is -0.136. The van der Waals surface area contributed by atoms with E-state index in [0.717, 1.165) is 12.8 Å². The molecule has 25 heavy (non-hydrogen) atoms. The molecule has 1 unspecified atom stereocenters. The summed E-state index contributed by atoms with van der Waals surface area (Å²) in [6, 6.07) is 2.99. The van der Waals surface area contributed by atoms with Crippen molar-refractivity contribution < 1.29 is 9.59 Å². The van der Waals surface area contributed by atoms with Crippen molar-refractivity contribution in [3.05, 3.63) is 33.7 Å². The molecule has 0 saturated carbocycles. The van der Waals surface area contributed by atoms with Gasteiger partial charge in [-0.25, -0.2) is 0 Å². The van der Waals surface area contributed by atoms with Crippen LogP contribution in [0.1, 0.15) is 62.5 Å².